The van der Waals surface area contributed by atoms with Crippen LogP contribution in [0.25, 0.3) is 0 Å². The molecule has 2 heterocycles. The van der Waals surface area contributed by atoms with Crippen molar-refractivity contribution in [2.45, 2.75) is 51.4 Å². The van der Waals surface area contributed by atoms with Crippen molar-refractivity contribution in [3.05, 3.63) is 35.9 Å². The number of carbonyl (C=O) groups excluding carboxylic acids is 2. The highest BCUT2D eigenvalue weighted by molar-refractivity contribution is 5.92. The van der Waals surface area contributed by atoms with E-state index in [1.165, 1.54) is 0 Å². The molecule has 1 aromatic carbocycles. The van der Waals surface area contributed by atoms with E-state index in [-0.39, 0.29) is 18.6 Å². The lowest BCUT2D eigenvalue weighted by Gasteiger charge is -2.30. The number of nitrogens with zero attached hydrogens (tertiary/aromatic N) is 1. The summed E-state index contributed by atoms with van der Waals surface area (Å²) >= 11 is 0. The van der Waals surface area contributed by atoms with E-state index in [9.17, 15) is 14.7 Å². The lowest BCUT2D eigenvalue weighted by molar-refractivity contribution is -0.162. The number of aliphatic hydroxyl groups excluding tert-OH is 1. The zero-order valence-electron chi connectivity index (χ0n) is 15.1. The molecule has 2 bridgehead atoms. The summed E-state index contributed by atoms with van der Waals surface area (Å²) in [5, 5.41) is 12.2. The van der Waals surface area contributed by atoms with Gasteiger partial charge in [0.25, 0.3) is 11.8 Å². The first kappa shape index (κ1) is 18.8. The number of hydrogen-bond acceptors (Lipinski definition) is 5. The number of nitrogens with one attached hydrogen (secondary N) is 1. The van der Waals surface area contributed by atoms with Crippen molar-refractivity contribution in [3.63, 3.8) is 0 Å². The van der Waals surface area contributed by atoms with Crippen molar-refractivity contribution in [2.24, 2.45) is 5.92 Å². The molecule has 7 heteroatoms. The molecule has 2 N–H and O–H groups in total. The van der Waals surface area contributed by atoms with Gasteiger partial charge in [-0.3, -0.25) is 9.59 Å². The molecule has 0 aliphatic carbocycles. The van der Waals surface area contributed by atoms with Gasteiger partial charge >= 0.3 is 0 Å². The van der Waals surface area contributed by atoms with E-state index >= 15 is 0 Å². The Morgan fingerprint density at radius 2 is 2.04 bits per heavy atom. The number of morpholine rings is 1. The number of aliphatic hydroxyl groups is 1. The van der Waals surface area contributed by atoms with E-state index in [0.717, 1.165) is 5.56 Å². The molecule has 0 aromatic heterocycles. The van der Waals surface area contributed by atoms with Gasteiger partial charge in [0.15, 0.2) is 18.5 Å². The third-order valence-electron chi connectivity index (χ3n) is 4.59. The van der Waals surface area contributed by atoms with Crippen LogP contribution in [0.1, 0.15) is 25.8 Å². The van der Waals surface area contributed by atoms with Gasteiger partial charge in [0.05, 0.1) is 19.2 Å². The van der Waals surface area contributed by atoms with Crippen molar-refractivity contribution in [3.8, 4) is 0 Å². The Morgan fingerprint density at radius 3 is 2.69 bits per heavy atom. The number of carbonyl (C=O) groups is 2. The minimum Gasteiger partial charge on any atom is -0.394 e. The van der Waals surface area contributed by atoms with Crippen LogP contribution < -0.4 is 5.32 Å². The molecule has 2 fully saturated rings. The van der Waals surface area contributed by atoms with Gasteiger partial charge in [-0.25, -0.2) is 0 Å². The minimum atomic E-state index is -0.977. The molecule has 3 rings (SSSR count). The molecule has 26 heavy (non-hydrogen) atoms. The highest BCUT2D eigenvalue weighted by Gasteiger charge is 2.51. The molecule has 0 unspecified atom stereocenters. The summed E-state index contributed by atoms with van der Waals surface area (Å²) in [6, 6.07) is 9.31. The topological polar surface area (TPSA) is 88.1 Å². The van der Waals surface area contributed by atoms with Crippen LogP contribution >= 0.6 is 0 Å². The molecule has 0 spiro atoms. The Hall–Kier alpha value is -1.96. The average molecular weight is 362 g/mol. The first-order valence-electron chi connectivity index (χ1n) is 9.02. The molecule has 4 atom stereocenters. The quantitative estimate of drug-likeness (QED) is 0.744. The summed E-state index contributed by atoms with van der Waals surface area (Å²) in [7, 11) is 0. The fourth-order valence-electron chi connectivity index (χ4n) is 3.40. The number of fused-ring (bicyclic) bond motifs is 2. The van der Waals surface area contributed by atoms with Gasteiger partial charge < -0.3 is 24.8 Å². The molecular formula is C19H26N2O5. The maximum absolute atomic E-state index is 12.7. The first-order chi connectivity index (χ1) is 12.5. The second kappa shape index (κ2) is 8.16. The van der Waals surface area contributed by atoms with Gasteiger partial charge in [0.2, 0.25) is 0 Å². The minimum absolute atomic E-state index is 0.153. The summed E-state index contributed by atoms with van der Waals surface area (Å²) in [5.74, 6) is -0.324. The van der Waals surface area contributed by atoms with Crippen LogP contribution in [0.2, 0.25) is 0 Å². The predicted molar refractivity (Wildman–Crippen MR) is 93.9 cm³/mol. The summed E-state index contributed by atoms with van der Waals surface area (Å²) < 4.78 is 11.2. The van der Waals surface area contributed by atoms with E-state index < -0.39 is 24.4 Å². The lowest BCUT2D eigenvalue weighted by Crippen LogP contribution is -2.52. The van der Waals surface area contributed by atoms with Crippen LogP contribution in [0.4, 0.5) is 0 Å². The maximum Gasteiger partial charge on any atom is 0.255 e. The monoisotopic (exact) mass is 362 g/mol. The number of hydrogen-bond donors (Lipinski definition) is 2. The normalized spacial score (nSPS) is 26.2. The van der Waals surface area contributed by atoms with Gasteiger partial charge in [-0.2, -0.15) is 0 Å². The molecule has 1 aromatic rings. The van der Waals surface area contributed by atoms with Crippen molar-refractivity contribution in [2.75, 3.05) is 13.2 Å². The first-order valence-corrected chi connectivity index (χ1v) is 9.02. The molecule has 2 saturated heterocycles. The van der Waals surface area contributed by atoms with Crippen LogP contribution in [-0.2, 0) is 25.6 Å². The second-order valence-electron chi connectivity index (χ2n) is 7.26. The van der Waals surface area contributed by atoms with Crippen molar-refractivity contribution in [1.82, 2.24) is 10.2 Å². The standard InChI is InChI=1S/C19H26N2O5/c1-12(2)8-14(11-22)20-18(23)16-17-19(24)21(10-15(25-16)26-17)9-13-6-4-3-5-7-13/h3-7,12,14-17,22H,8-11H2,1-2H3,(H,20,23)/t14-,15+,16-,17+/m0/s1. The van der Waals surface area contributed by atoms with Gasteiger partial charge in [0.1, 0.15) is 0 Å². The lowest BCUT2D eigenvalue weighted by atomic mass is 10.0. The summed E-state index contributed by atoms with van der Waals surface area (Å²) in [6.45, 7) is 4.63. The smallest absolute Gasteiger partial charge is 0.255 e. The highest BCUT2D eigenvalue weighted by atomic mass is 16.7. The van der Waals surface area contributed by atoms with Crippen molar-refractivity contribution >= 4 is 11.8 Å². The zero-order chi connectivity index (χ0) is 18.7. The number of amides is 2. The SMILES string of the molecule is CC(C)C[C@@H](CO)NC(=O)[C@H]1O[C@H]2CN(Cc3ccccc3)C(=O)[C@@H]1O2. The van der Waals surface area contributed by atoms with E-state index in [1.807, 2.05) is 44.2 Å². The van der Waals surface area contributed by atoms with E-state index in [1.54, 1.807) is 4.90 Å². The van der Waals surface area contributed by atoms with Crippen molar-refractivity contribution < 1.29 is 24.2 Å². The van der Waals surface area contributed by atoms with Crippen LogP contribution in [-0.4, -0.2) is 59.5 Å². The van der Waals surface area contributed by atoms with Gasteiger partial charge in [-0.1, -0.05) is 44.2 Å². The second-order valence-corrected chi connectivity index (χ2v) is 7.26. The summed E-state index contributed by atoms with van der Waals surface area (Å²) in [4.78, 5) is 26.9. The summed E-state index contributed by atoms with van der Waals surface area (Å²) in [5.41, 5.74) is 1.01. The summed E-state index contributed by atoms with van der Waals surface area (Å²) in [6.07, 6.45) is -1.86. The number of rotatable bonds is 7. The Bertz CT molecular complexity index is 636. The Labute approximate surface area is 153 Å². The van der Waals surface area contributed by atoms with E-state index in [2.05, 4.69) is 5.32 Å². The van der Waals surface area contributed by atoms with Crippen LogP contribution in [0, 0.1) is 5.92 Å². The molecular weight excluding hydrogens is 336 g/mol. The van der Waals surface area contributed by atoms with Gasteiger partial charge in [-0.15, -0.1) is 0 Å². The fraction of sp³-hybridized carbons (Fsp3) is 0.579. The molecule has 0 radical (unpaired) electrons. The third kappa shape index (κ3) is 4.23. The highest BCUT2D eigenvalue weighted by Crippen LogP contribution is 2.28. The number of ether oxygens (including phenoxy) is 2. The average Bonchev–Trinajstić information content (AvgIpc) is 2.99. The fourth-order valence-corrected chi connectivity index (χ4v) is 3.40. The largest absolute Gasteiger partial charge is 0.394 e. The molecule has 142 valence electrons. The van der Waals surface area contributed by atoms with Crippen LogP contribution in [0.15, 0.2) is 30.3 Å². The number of benzene rings is 1. The molecule has 2 aliphatic rings. The van der Waals surface area contributed by atoms with Gasteiger partial charge in [-0.05, 0) is 17.9 Å². The third-order valence-corrected chi connectivity index (χ3v) is 4.59. The zero-order valence-corrected chi connectivity index (χ0v) is 15.1. The Kier molecular flexibility index (Phi) is 5.90. The van der Waals surface area contributed by atoms with Gasteiger partial charge in [0, 0.05) is 6.54 Å². The van der Waals surface area contributed by atoms with Crippen molar-refractivity contribution in [1.29, 1.82) is 0 Å². The maximum atomic E-state index is 12.7. The molecule has 2 amide bonds. The van der Waals surface area contributed by atoms with Crippen LogP contribution in [0.5, 0.6) is 0 Å². The van der Waals surface area contributed by atoms with E-state index in [0.29, 0.717) is 25.4 Å². The predicted octanol–water partition coefficient (Wildman–Crippen LogP) is 0.662. The van der Waals surface area contributed by atoms with E-state index in [4.69, 9.17) is 9.47 Å². The molecule has 2 aliphatic heterocycles. The Balaban J connectivity index is 1.63. The molecule has 7 nitrogen and oxygen atoms in total. The Morgan fingerprint density at radius 1 is 1.31 bits per heavy atom. The van der Waals surface area contributed by atoms with Crippen LogP contribution in [0.3, 0.4) is 0 Å². The molecule has 0 saturated carbocycles.